The molecule has 0 N–H and O–H groups in total. The van der Waals surface area contributed by atoms with Crippen LogP contribution in [0.5, 0.6) is 0 Å². The molecule has 0 amide bonds. The van der Waals surface area contributed by atoms with E-state index >= 15 is 0 Å². The third kappa shape index (κ3) is 8.75. The van der Waals surface area contributed by atoms with Gasteiger partial charge in [-0.05, 0) is 26.7 Å². The Hall–Kier alpha value is 0.170. The molecular weight excluding hydrogens is 204 g/mol. The van der Waals surface area contributed by atoms with Gasteiger partial charge in [-0.25, -0.2) is 0 Å². The standard InChI is InChI=1S/C10H21ClO3/c1-10(2,5-4-6-11)14-9-13-8-7-12-3/h4-9H2,1-3H3. The molecule has 0 aliphatic carbocycles. The van der Waals surface area contributed by atoms with E-state index in [1.165, 1.54) is 0 Å². The third-order valence-electron chi connectivity index (χ3n) is 1.88. The molecule has 0 aromatic heterocycles. The second kappa shape index (κ2) is 8.48. The summed E-state index contributed by atoms with van der Waals surface area (Å²) in [5.74, 6) is 0.678. The second-order valence-corrected chi connectivity index (χ2v) is 4.09. The van der Waals surface area contributed by atoms with Crippen molar-refractivity contribution < 1.29 is 14.2 Å². The summed E-state index contributed by atoms with van der Waals surface area (Å²) in [5, 5.41) is 0. The van der Waals surface area contributed by atoms with Gasteiger partial charge in [0.2, 0.25) is 0 Å². The number of ether oxygens (including phenoxy) is 3. The minimum atomic E-state index is -0.151. The van der Waals surface area contributed by atoms with Crippen LogP contribution < -0.4 is 0 Å². The van der Waals surface area contributed by atoms with Gasteiger partial charge in [-0.3, -0.25) is 0 Å². The SMILES string of the molecule is COCCOCOC(C)(C)CCCCl. The van der Waals surface area contributed by atoms with Crippen molar-refractivity contribution in [1.29, 1.82) is 0 Å². The first-order chi connectivity index (χ1) is 6.62. The van der Waals surface area contributed by atoms with E-state index in [0.29, 0.717) is 25.9 Å². The average molecular weight is 225 g/mol. The van der Waals surface area contributed by atoms with Crippen LogP contribution in [0.1, 0.15) is 26.7 Å². The van der Waals surface area contributed by atoms with E-state index in [0.717, 1.165) is 12.8 Å². The average Bonchev–Trinajstić information content (AvgIpc) is 2.15. The van der Waals surface area contributed by atoms with Crippen LogP contribution in [-0.2, 0) is 14.2 Å². The Morgan fingerprint density at radius 1 is 1.21 bits per heavy atom. The summed E-state index contributed by atoms with van der Waals surface area (Å²) in [6.07, 6.45) is 1.91. The Morgan fingerprint density at radius 2 is 1.93 bits per heavy atom. The van der Waals surface area contributed by atoms with Crippen molar-refractivity contribution in [3.05, 3.63) is 0 Å². The molecule has 0 spiro atoms. The van der Waals surface area contributed by atoms with Gasteiger partial charge >= 0.3 is 0 Å². The highest BCUT2D eigenvalue weighted by Gasteiger charge is 2.17. The molecule has 0 atom stereocenters. The summed E-state index contributed by atoms with van der Waals surface area (Å²) in [4.78, 5) is 0. The van der Waals surface area contributed by atoms with E-state index in [1.807, 2.05) is 13.8 Å². The van der Waals surface area contributed by atoms with E-state index in [2.05, 4.69) is 0 Å². The van der Waals surface area contributed by atoms with Crippen LogP contribution >= 0.6 is 11.6 Å². The smallest absolute Gasteiger partial charge is 0.147 e. The molecule has 86 valence electrons. The Balaban J connectivity index is 3.35. The van der Waals surface area contributed by atoms with E-state index in [9.17, 15) is 0 Å². The molecule has 0 radical (unpaired) electrons. The summed E-state index contributed by atoms with van der Waals surface area (Å²) >= 11 is 5.61. The zero-order chi connectivity index (χ0) is 10.9. The van der Waals surface area contributed by atoms with Gasteiger partial charge < -0.3 is 14.2 Å². The van der Waals surface area contributed by atoms with Crippen LogP contribution in [0.15, 0.2) is 0 Å². The van der Waals surface area contributed by atoms with Gasteiger partial charge in [-0.2, -0.15) is 0 Å². The lowest BCUT2D eigenvalue weighted by Gasteiger charge is -2.24. The summed E-state index contributed by atoms with van der Waals surface area (Å²) in [7, 11) is 1.65. The molecule has 0 aliphatic rings. The fourth-order valence-electron chi connectivity index (χ4n) is 0.967. The lowest BCUT2D eigenvalue weighted by molar-refractivity contribution is -0.135. The lowest BCUT2D eigenvalue weighted by atomic mass is 10.0. The Kier molecular flexibility index (Phi) is 8.58. The lowest BCUT2D eigenvalue weighted by Crippen LogP contribution is -2.26. The summed E-state index contributed by atoms with van der Waals surface area (Å²) in [6, 6.07) is 0. The van der Waals surface area contributed by atoms with Gasteiger partial charge in [0.1, 0.15) is 6.79 Å². The number of halogens is 1. The van der Waals surface area contributed by atoms with Gasteiger partial charge in [0, 0.05) is 13.0 Å². The molecule has 0 saturated carbocycles. The third-order valence-corrected chi connectivity index (χ3v) is 2.14. The van der Waals surface area contributed by atoms with Gasteiger partial charge in [0.25, 0.3) is 0 Å². The molecular formula is C10H21ClO3. The van der Waals surface area contributed by atoms with Crippen molar-refractivity contribution in [2.24, 2.45) is 0 Å². The van der Waals surface area contributed by atoms with Crippen LogP contribution in [0.2, 0.25) is 0 Å². The molecule has 0 heterocycles. The summed E-state index contributed by atoms with van der Waals surface area (Å²) in [6.45, 7) is 5.57. The van der Waals surface area contributed by atoms with Gasteiger partial charge in [0.05, 0.1) is 18.8 Å². The molecule has 0 aliphatic heterocycles. The molecule has 0 aromatic carbocycles. The van der Waals surface area contributed by atoms with Crippen LogP contribution in [0, 0.1) is 0 Å². The fraction of sp³-hybridized carbons (Fsp3) is 1.00. The predicted octanol–water partition coefficient (Wildman–Crippen LogP) is 2.42. The van der Waals surface area contributed by atoms with E-state index in [1.54, 1.807) is 7.11 Å². The highest BCUT2D eigenvalue weighted by Crippen LogP contribution is 2.16. The van der Waals surface area contributed by atoms with E-state index in [-0.39, 0.29) is 5.60 Å². The first-order valence-corrected chi connectivity index (χ1v) is 5.42. The van der Waals surface area contributed by atoms with E-state index in [4.69, 9.17) is 25.8 Å². The van der Waals surface area contributed by atoms with Crippen molar-refractivity contribution in [3.63, 3.8) is 0 Å². The van der Waals surface area contributed by atoms with Gasteiger partial charge in [-0.15, -0.1) is 11.6 Å². The van der Waals surface area contributed by atoms with Crippen LogP contribution in [0.25, 0.3) is 0 Å². The minimum Gasteiger partial charge on any atom is -0.382 e. The summed E-state index contributed by atoms with van der Waals surface area (Å²) in [5.41, 5.74) is -0.151. The second-order valence-electron chi connectivity index (χ2n) is 3.72. The Bertz CT molecular complexity index is 129. The number of hydrogen-bond acceptors (Lipinski definition) is 3. The van der Waals surface area contributed by atoms with E-state index < -0.39 is 0 Å². The van der Waals surface area contributed by atoms with Crippen LogP contribution in [0.3, 0.4) is 0 Å². The van der Waals surface area contributed by atoms with Gasteiger partial charge in [0.15, 0.2) is 0 Å². The number of methoxy groups -OCH3 is 1. The Morgan fingerprint density at radius 3 is 2.50 bits per heavy atom. The van der Waals surface area contributed by atoms with Crippen molar-refractivity contribution in [3.8, 4) is 0 Å². The molecule has 0 rings (SSSR count). The molecule has 4 heteroatoms. The molecule has 14 heavy (non-hydrogen) atoms. The molecule has 0 saturated heterocycles. The molecule has 0 fully saturated rings. The van der Waals surface area contributed by atoms with Crippen molar-refractivity contribution >= 4 is 11.6 Å². The number of alkyl halides is 1. The molecule has 3 nitrogen and oxygen atoms in total. The topological polar surface area (TPSA) is 27.7 Å². The minimum absolute atomic E-state index is 0.151. The molecule has 0 bridgehead atoms. The number of rotatable bonds is 9. The maximum atomic E-state index is 5.61. The summed E-state index contributed by atoms with van der Waals surface area (Å²) < 4.78 is 15.6. The van der Waals surface area contributed by atoms with Crippen molar-refractivity contribution in [2.45, 2.75) is 32.3 Å². The maximum absolute atomic E-state index is 5.61. The van der Waals surface area contributed by atoms with Gasteiger partial charge in [-0.1, -0.05) is 0 Å². The zero-order valence-electron chi connectivity index (χ0n) is 9.35. The quantitative estimate of drug-likeness (QED) is 0.342. The molecule has 0 unspecified atom stereocenters. The highest BCUT2D eigenvalue weighted by atomic mass is 35.5. The zero-order valence-corrected chi connectivity index (χ0v) is 10.1. The van der Waals surface area contributed by atoms with Crippen LogP contribution in [0.4, 0.5) is 0 Å². The van der Waals surface area contributed by atoms with Crippen molar-refractivity contribution in [1.82, 2.24) is 0 Å². The monoisotopic (exact) mass is 224 g/mol. The first-order valence-electron chi connectivity index (χ1n) is 4.89. The highest BCUT2D eigenvalue weighted by molar-refractivity contribution is 6.17. The van der Waals surface area contributed by atoms with Crippen molar-refractivity contribution in [2.75, 3.05) is 33.0 Å². The maximum Gasteiger partial charge on any atom is 0.147 e. The normalized spacial score (nSPS) is 12.0. The Labute approximate surface area is 91.7 Å². The molecule has 0 aromatic rings. The fourth-order valence-corrected chi connectivity index (χ4v) is 1.10. The largest absolute Gasteiger partial charge is 0.382 e. The predicted molar refractivity (Wildman–Crippen MR) is 57.8 cm³/mol. The van der Waals surface area contributed by atoms with Crippen LogP contribution in [-0.4, -0.2) is 38.6 Å². The number of hydrogen-bond donors (Lipinski definition) is 0. The first kappa shape index (κ1) is 14.2.